The summed E-state index contributed by atoms with van der Waals surface area (Å²) in [6.07, 6.45) is 4.38. The van der Waals surface area contributed by atoms with Gasteiger partial charge in [-0.3, -0.25) is 9.59 Å². The second-order valence-corrected chi connectivity index (χ2v) is 5.36. The number of carbonyl (C=O) groups is 2. The lowest BCUT2D eigenvalue weighted by atomic mass is 10.2. The molecule has 0 fully saturated rings. The molecule has 0 saturated carbocycles. The largest absolute Gasteiger partial charge is 0.356 e. The fourth-order valence-electron chi connectivity index (χ4n) is 1.85. The zero-order valence-corrected chi connectivity index (χ0v) is 13.2. The lowest BCUT2D eigenvalue weighted by Crippen LogP contribution is -2.28. The molecule has 0 unspecified atom stereocenters. The molecule has 0 atom stereocenters. The maximum Gasteiger partial charge on any atom is 0.251 e. The number of carbonyl (C=O) groups excluding carboxylic acids is 2. The van der Waals surface area contributed by atoms with Crippen LogP contribution in [0.25, 0.3) is 0 Å². The van der Waals surface area contributed by atoms with Gasteiger partial charge in [-0.1, -0.05) is 31.4 Å². The average molecular weight is 311 g/mol. The molecule has 0 bridgehead atoms. The Bertz CT molecular complexity index is 446. The minimum atomic E-state index is -0.143. The van der Waals surface area contributed by atoms with Crippen LogP contribution >= 0.6 is 11.6 Å². The van der Waals surface area contributed by atoms with E-state index >= 15 is 0 Å². The summed E-state index contributed by atoms with van der Waals surface area (Å²) in [6.45, 7) is 3.36. The highest BCUT2D eigenvalue weighted by atomic mass is 35.5. The van der Waals surface area contributed by atoms with Crippen LogP contribution < -0.4 is 10.6 Å². The van der Waals surface area contributed by atoms with E-state index in [2.05, 4.69) is 17.6 Å². The molecule has 116 valence electrons. The van der Waals surface area contributed by atoms with Gasteiger partial charge in [0.15, 0.2) is 0 Å². The number of unbranched alkanes of at least 4 members (excludes halogenated alkanes) is 2. The maximum absolute atomic E-state index is 11.8. The summed E-state index contributed by atoms with van der Waals surface area (Å²) >= 11 is 5.76. The predicted octanol–water partition coefficient (Wildman–Crippen LogP) is 3.16. The van der Waals surface area contributed by atoms with E-state index in [4.69, 9.17) is 11.6 Å². The molecule has 2 N–H and O–H groups in total. The van der Waals surface area contributed by atoms with Gasteiger partial charge in [-0.05, 0) is 37.1 Å². The maximum atomic E-state index is 11.8. The van der Waals surface area contributed by atoms with Gasteiger partial charge in [0.05, 0.1) is 0 Å². The first-order chi connectivity index (χ1) is 10.1. The third kappa shape index (κ3) is 7.71. The summed E-state index contributed by atoms with van der Waals surface area (Å²) in [5.74, 6) is -0.0955. The van der Waals surface area contributed by atoms with Crippen LogP contribution in [0.5, 0.6) is 0 Å². The summed E-state index contributed by atoms with van der Waals surface area (Å²) in [4.78, 5) is 23.3. The Labute approximate surface area is 131 Å². The van der Waals surface area contributed by atoms with E-state index in [0.29, 0.717) is 30.0 Å². The van der Waals surface area contributed by atoms with E-state index in [0.717, 1.165) is 25.8 Å². The van der Waals surface area contributed by atoms with E-state index in [1.807, 2.05) is 0 Å². The highest BCUT2D eigenvalue weighted by molar-refractivity contribution is 6.30. The molecule has 0 radical (unpaired) electrons. The summed E-state index contributed by atoms with van der Waals surface area (Å²) in [5, 5.41) is 6.27. The Morgan fingerprint density at radius 3 is 2.33 bits per heavy atom. The molecule has 2 amide bonds. The number of amides is 2. The van der Waals surface area contributed by atoms with Crippen LogP contribution in [0.2, 0.25) is 5.02 Å². The minimum Gasteiger partial charge on any atom is -0.356 e. The number of hydrogen-bond donors (Lipinski definition) is 2. The van der Waals surface area contributed by atoms with Gasteiger partial charge in [0.1, 0.15) is 0 Å². The Balaban J connectivity index is 2.12. The summed E-state index contributed by atoms with van der Waals surface area (Å²) in [5.41, 5.74) is 0.573. The quantitative estimate of drug-likeness (QED) is 0.688. The lowest BCUT2D eigenvalue weighted by Gasteiger charge is -2.06. The molecule has 0 aliphatic heterocycles. The average Bonchev–Trinajstić information content (AvgIpc) is 2.48. The van der Waals surface area contributed by atoms with E-state index in [-0.39, 0.29) is 11.8 Å². The zero-order valence-electron chi connectivity index (χ0n) is 12.5. The van der Waals surface area contributed by atoms with Gasteiger partial charge >= 0.3 is 0 Å². The van der Waals surface area contributed by atoms with Crippen LogP contribution in [0.4, 0.5) is 0 Å². The highest BCUT2D eigenvalue weighted by Gasteiger charge is 2.05. The fourth-order valence-corrected chi connectivity index (χ4v) is 1.97. The molecule has 0 aromatic heterocycles. The van der Waals surface area contributed by atoms with Gasteiger partial charge in [0, 0.05) is 30.1 Å². The molecule has 0 aliphatic carbocycles. The standard InChI is InChI=1S/C16H23ClN2O2/c1-2-3-4-11-18-15(20)6-5-12-19-16(21)13-7-9-14(17)10-8-13/h7-10H,2-6,11-12H2,1H3,(H,18,20)(H,19,21). The van der Waals surface area contributed by atoms with E-state index in [1.54, 1.807) is 24.3 Å². The zero-order chi connectivity index (χ0) is 15.5. The van der Waals surface area contributed by atoms with Crippen LogP contribution in [0, 0.1) is 0 Å². The van der Waals surface area contributed by atoms with Crippen LogP contribution in [-0.4, -0.2) is 24.9 Å². The second kappa shape index (κ2) is 10.2. The first kappa shape index (κ1) is 17.5. The third-order valence-electron chi connectivity index (χ3n) is 3.08. The molecule has 1 aromatic carbocycles. The van der Waals surface area contributed by atoms with Gasteiger partial charge in [-0.25, -0.2) is 0 Å². The SMILES string of the molecule is CCCCCNC(=O)CCCNC(=O)c1ccc(Cl)cc1. The number of halogens is 1. The normalized spacial score (nSPS) is 10.2. The Morgan fingerprint density at radius 2 is 1.67 bits per heavy atom. The second-order valence-electron chi connectivity index (χ2n) is 4.92. The molecule has 0 aliphatic rings. The molecular weight excluding hydrogens is 288 g/mol. The van der Waals surface area contributed by atoms with Gasteiger partial charge in [-0.2, -0.15) is 0 Å². The number of nitrogens with one attached hydrogen (secondary N) is 2. The van der Waals surface area contributed by atoms with Crippen LogP contribution in [-0.2, 0) is 4.79 Å². The molecule has 0 spiro atoms. The molecule has 4 nitrogen and oxygen atoms in total. The fraction of sp³-hybridized carbons (Fsp3) is 0.500. The van der Waals surface area contributed by atoms with Crippen molar-refractivity contribution in [3.63, 3.8) is 0 Å². The van der Waals surface area contributed by atoms with Crippen molar-refractivity contribution in [1.82, 2.24) is 10.6 Å². The number of rotatable bonds is 9. The van der Waals surface area contributed by atoms with Crippen LogP contribution in [0.15, 0.2) is 24.3 Å². The Kier molecular flexibility index (Phi) is 8.51. The first-order valence-electron chi connectivity index (χ1n) is 7.44. The molecular formula is C16H23ClN2O2. The Morgan fingerprint density at radius 1 is 1.00 bits per heavy atom. The van der Waals surface area contributed by atoms with Crippen molar-refractivity contribution in [2.75, 3.05) is 13.1 Å². The Hall–Kier alpha value is -1.55. The summed E-state index contributed by atoms with van der Waals surface area (Å²) < 4.78 is 0. The smallest absolute Gasteiger partial charge is 0.251 e. The molecule has 1 rings (SSSR count). The van der Waals surface area contributed by atoms with Gasteiger partial charge < -0.3 is 10.6 Å². The van der Waals surface area contributed by atoms with Gasteiger partial charge in [0.2, 0.25) is 5.91 Å². The van der Waals surface area contributed by atoms with E-state index < -0.39 is 0 Å². The van der Waals surface area contributed by atoms with Gasteiger partial charge in [0.25, 0.3) is 5.91 Å². The van der Waals surface area contributed by atoms with Crippen molar-refractivity contribution >= 4 is 23.4 Å². The first-order valence-corrected chi connectivity index (χ1v) is 7.81. The van der Waals surface area contributed by atoms with Crippen molar-refractivity contribution in [1.29, 1.82) is 0 Å². The van der Waals surface area contributed by atoms with Crippen molar-refractivity contribution in [2.24, 2.45) is 0 Å². The predicted molar refractivity (Wildman–Crippen MR) is 85.6 cm³/mol. The van der Waals surface area contributed by atoms with E-state index in [1.165, 1.54) is 0 Å². The van der Waals surface area contributed by atoms with Crippen molar-refractivity contribution in [3.05, 3.63) is 34.9 Å². The summed E-state index contributed by atoms with van der Waals surface area (Å²) in [6, 6.07) is 6.72. The highest BCUT2D eigenvalue weighted by Crippen LogP contribution is 2.09. The monoisotopic (exact) mass is 310 g/mol. The molecule has 21 heavy (non-hydrogen) atoms. The molecule has 0 saturated heterocycles. The summed E-state index contributed by atoms with van der Waals surface area (Å²) in [7, 11) is 0. The minimum absolute atomic E-state index is 0.0480. The molecule has 0 heterocycles. The topological polar surface area (TPSA) is 58.2 Å². The van der Waals surface area contributed by atoms with E-state index in [9.17, 15) is 9.59 Å². The third-order valence-corrected chi connectivity index (χ3v) is 3.33. The molecule has 1 aromatic rings. The van der Waals surface area contributed by atoms with Gasteiger partial charge in [-0.15, -0.1) is 0 Å². The number of hydrogen-bond acceptors (Lipinski definition) is 2. The van der Waals surface area contributed by atoms with Crippen molar-refractivity contribution in [2.45, 2.75) is 39.0 Å². The van der Waals surface area contributed by atoms with Crippen molar-refractivity contribution < 1.29 is 9.59 Å². The number of benzene rings is 1. The van der Waals surface area contributed by atoms with Crippen LogP contribution in [0.3, 0.4) is 0 Å². The lowest BCUT2D eigenvalue weighted by molar-refractivity contribution is -0.121. The molecule has 5 heteroatoms. The van der Waals surface area contributed by atoms with Crippen LogP contribution in [0.1, 0.15) is 49.4 Å². The van der Waals surface area contributed by atoms with Crippen molar-refractivity contribution in [3.8, 4) is 0 Å².